The molecule has 1 amide bonds. The van der Waals surface area contributed by atoms with Gasteiger partial charge in [0, 0.05) is 12.1 Å². The molecule has 0 aromatic rings. The summed E-state index contributed by atoms with van der Waals surface area (Å²) in [6, 6.07) is 0. The lowest BCUT2D eigenvalue weighted by Crippen LogP contribution is -2.36. The second-order valence-electron chi connectivity index (χ2n) is 3.58. The molecule has 0 atom stereocenters. The molecular weight excluding hydrogens is 194 g/mol. The first kappa shape index (κ1) is 11.8. The Morgan fingerprint density at radius 3 is 3.13 bits per heavy atom. The first-order valence-corrected chi connectivity index (χ1v) is 5.33. The molecule has 0 unspecified atom stereocenters. The average molecular weight is 211 g/mol. The molecule has 1 aliphatic rings. The standard InChI is InChI=1S/C11H17NO3/c1-2-3-7-15-11(14)12-6-4-5-10(8-12)9-13/h5,9H,2-4,6-8H2,1H3. The highest BCUT2D eigenvalue weighted by Crippen LogP contribution is 2.09. The summed E-state index contributed by atoms with van der Waals surface area (Å²) in [7, 11) is 0. The largest absolute Gasteiger partial charge is 0.449 e. The lowest BCUT2D eigenvalue weighted by Gasteiger charge is -2.24. The number of carbonyl (C=O) groups excluding carboxylic acids is 2. The molecule has 0 bridgehead atoms. The molecule has 15 heavy (non-hydrogen) atoms. The van der Waals surface area contributed by atoms with E-state index in [0.29, 0.717) is 25.3 Å². The number of ether oxygens (including phenoxy) is 1. The maximum absolute atomic E-state index is 11.5. The van der Waals surface area contributed by atoms with Gasteiger partial charge in [0.25, 0.3) is 0 Å². The van der Waals surface area contributed by atoms with E-state index in [0.717, 1.165) is 25.5 Å². The molecule has 0 radical (unpaired) electrons. The maximum Gasteiger partial charge on any atom is 0.410 e. The van der Waals surface area contributed by atoms with E-state index in [-0.39, 0.29) is 6.09 Å². The molecule has 1 rings (SSSR count). The predicted octanol–water partition coefficient (Wildman–Crippen LogP) is 1.75. The lowest BCUT2D eigenvalue weighted by atomic mass is 10.1. The van der Waals surface area contributed by atoms with Gasteiger partial charge < -0.3 is 9.64 Å². The molecule has 1 heterocycles. The monoisotopic (exact) mass is 211 g/mol. The highest BCUT2D eigenvalue weighted by atomic mass is 16.6. The van der Waals surface area contributed by atoms with Crippen molar-refractivity contribution in [2.75, 3.05) is 19.7 Å². The Balaban J connectivity index is 2.34. The Kier molecular flexibility index (Phi) is 4.87. The quantitative estimate of drug-likeness (QED) is 0.525. The smallest absolute Gasteiger partial charge is 0.410 e. The molecule has 0 saturated carbocycles. The third-order valence-electron chi connectivity index (χ3n) is 2.31. The maximum atomic E-state index is 11.5. The van der Waals surface area contributed by atoms with Gasteiger partial charge in [-0.25, -0.2) is 4.79 Å². The van der Waals surface area contributed by atoms with Crippen LogP contribution >= 0.6 is 0 Å². The van der Waals surface area contributed by atoms with Crippen molar-refractivity contribution < 1.29 is 14.3 Å². The highest BCUT2D eigenvalue weighted by molar-refractivity contribution is 5.77. The molecule has 4 heteroatoms. The Labute approximate surface area is 89.9 Å². The first-order chi connectivity index (χ1) is 7.27. The first-order valence-electron chi connectivity index (χ1n) is 5.33. The number of hydrogen-bond acceptors (Lipinski definition) is 3. The summed E-state index contributed by atoms with van der Waals surface area (Å²) in [5, 5.41) is 0. The molecule has 4 nitrogen and oxygen atoms in total. The second kappa shape index (κ2) is 6.22. The van der Waals surface area contributed by atoms with Crippen molar-refractivity contribution in [2.24, 2.45) is 0 Å². The van der Waals surface area contributed by atoms with E-state index in [1.54, 1.807) is 4.90 Å². The van der Waals surface area contributed by atoms with Crippen LogP contribution in [0.25, 0.3) is 0 Å². The number of carbonyl (C=O) groups is 2. The lowest BCUT2D eigenvalue weighted by molar-refractivity contribution is -0.105. The summed E-state index contributed by atoms with van der Waals surface area (Å²) in [5.41, 5.74) is 0.661. The molecule has 0 aromatic carbocycles. The third kappa shape index (κ3) is 3.73. The van der Waals surface area contributed by atoms with Gasteiger partial charge in [0.05, 0.1) is 13.2 Å². The van der Waals surface area contributed by atoms with Crippen LogP contribution in [0.4, 0.5) is 4.79 Å². The Bertz CT molecular complexity index is 261. The molecule has 1 aliphatic heterocycles. The molecule has 84 valence electrons. The van der Waals surface area contributed by atoms with Gasteiger partial charge in [0.2, 0.25) is 0 Å². The summed E-state index contributed by atoms with van der Waals surface area (Å²) >= 11 is 0. The van der Waals surface area contributed by atoms with E-state index in [4.69, 9.17) is 4.74 Å². The van der Waals surface area contributed by atoms with Crippen LogP contribution in [0.3, 0.4) is 0 Å². The molecule has 0 spiro atoms. The third-order valence-corrected chi connectivity index (χ3v) is 2.31. The van der Waals surface area contributed by atoms with Crippen molar-refractivity contribution in [1.29, 1.82) is 0 Å². The van der Waals surface area contributed by atoms with E-state index in [1.807, 2.05) is 13.0 Å². The topological polar surface area (TPSA) is 46.6 Å². The zero-order chi connectivity index (χ0) is 11.1. The summed E-state index contributed by atoms with van der Waals surface area (Å²) in [5.74, 6) is 0. The van der Waals surface area contributed by atoms with Crippen LogP contribution in [0.2, 0.25) is 0 Å². The van der Waals surface area contributed by atoms with Crippen molar-refractivity contribution in [3.63, 3.8) is 0 Å². The van der Waals surface area contributed by atoms with Crippen LogP contribution in [-0.4, -0.2) is 37.0 Å². The van der Waals surface area contributed by atoms with Gasteiger partial charge in [-0.3, -0.25) is 4.79 Å². The van der Waals surface area contributed by atoms with Crippen molar-refractivity contribution >= 4 is 12.4 Å². The Hall–Kier alpha value is -1.32. The predicted molar refractivity (Wildman–Crippen MR) is 56.6 cm³/mol. The number of aldehydes is 1. The number of rotatable bonds is 4. The van der Waals surface area contributed by atoms with E-state index in [9.17, 15) is 9.59 Å². The van der Waals surface area contributed by atoms with Crippen LogP contribution < -0.4 is 0 Å². The van der Waals surface area contributed by atoms with Crippen molar-refractivity contribution in [1.82, 2.24) is 4.90 Å². The van der Waals surface area contributed by atoms with Crippen LogP contribution in [0, 0.1) is 0 Å². The zero-order valence-corrected chi connectivity index (χ0v) is 9.07. The van der Waals surface area contributed by atoms with Gasteiger partial charge in [-0.2, -0.15) is 0 Å². The molecule has 0 saturated heterocycles. The van der Waals surface area contributed by atoms with E-state index < -0.39 is 0 Å². The highest BCUT2D eigenvalue weighted by Gasteiger charge is 2.18. The Morgan fingerprint density at radius 2 is 2.47 bits per heavy atom. The SMILES string of the molecule is CCCCOC(=O)N1CCC=C(C=O)C1. The summed E-state index contributed by atoms with van der Waals surface area (Å²) in [6.45, 7) is 3.53. The summed E-state index contributed by atoms with van der Waals surface area (Å²) in [6.07, 6.45) is 4.98. The fourth-order valence-electron chi connectivity index (χ4n) is 1.41. The molecule has 0 fully saturated rings. The molecule has 0 aromatic heterocycles. The molecule has 0 aliphatic carbocycles. The fourth-order valence-corrected chi connectivity index (χ4v) is 1.41. The minimum atomic E-state index is -0.309. The van der Waals surface area contributed by atoms with E-state index in [2.05, 4.69) is 0 Å². The van der Waals surface area contributed by atoms with Crippen molar-refractivity contribution in [3.05, 3.63) is 11.6 Å². The minimum absolute atomic E-state index is 0.309. The van der Waals surface area contributed by atoms with Gasteiger partial charge in [-0.15, -0.1) is 0 Å². The van der Waals surface area contributed by atoms with Gasteiger partial charge in [0.1, 0.15) is 6.29 Å². The number of unbranched alkanes of at least 4 members (excludes halogenated alkanes) is 1. The number of hydrogen-bond donors (Lipinski definition) is 0. The second-order valence-corrected chi connectivity index (χ2v) is 3.58. The van der Waals surface area contributed by atoms with Crippen LogP contribution in [-0.2, 0) is 9.53 Å². The number of amides is 1. The van der Waals surface area contributed by atoms with Crippen LogP contribution in [0.1, 0.15) is 26.2 Å². The van der Waals surface area contributed by atoms with Crippen molar-refractivity contribution in [2.45, 2.75) is 26.2 Å². The average Bonchev–Trinajstić information content (AvgIpc) is 2.29. The van der Waals surface area contributed by atoms with E-state index >= 15 is 0 Å². The molecular formula is C11H17NO3. The van der Waals surface area contributed by atoms with Gasteiger partial charge in [0.15, 0.2) is 0 Å². The normalized spacial score (nSPS) is 15.8. The van der Waals surface area contributed by atoms with Crippen LogP contribution in [0.15, 0.2) is 11.6 Å². The van der Waals surface area contributed by atoms with Crippen molar-refractivity contribution in [3.8, 4) is 0 Å². The van der Waals surface area contributed by atoms with E-state index in [1.165, 1.54) is 0 Å². The minimum Gasteiger partial charge on any atom is -0.449 e. The fraction of sp³-hybridized carbons (Fsp3) is 0.636. The van der Waals surface area contributed by atoms with Crippen LogP contribution in [0.5, 0.6) is 0 Å². The van der Waals surface area contributed by atoms with Gasteiger partial charge in [-0.05, 0) is 12.8 Å². The number of nitrogens with zero attached hydrogens (tertiary/aromatic N) is 1. The summed E-state index contributed by atoms with van der Waals surface area (Å²) in [4.78, 5) is 23.6. The molecule has 0 N–H and O–H groups in total. The summed E-state index contributed by atoms with van der Waals surface area (Å²) < 4.78 is 5.06. The van der Waals surface area contributed by atoms with Gasteiger partial charge >= 0.3 is 6.09 Å². The zero-order valence-electron chi connectivity index (χ0n) is 9.07. The van der Waals surface area contributed by atoms with Gasteiger partial charge in [-0.1, -0.05) is 19.4 Å². The Morgan fingerprint density at radius 1 is 1.67 bits per heavy atom.